The Kier molecular flexibility index (Phi) is 3.15. The fourth-order valence-electron chi connectivity index (χ4n) is 2.12. The number of hydrazine groups is 1. The van der Waals surface area contributed by atoms with Crippen molar-refractivity contribution in [3.63, 3.8) is 0 Å². The lowest BCUT2D eigenvalue weighted by molar-refractivity contribution is 0.810. The molecule has 3 N–H and O–H groups in total. The number of fused-ring (bicyclic) bond motifs is 1. The van der Waals surface area contributed by atoms with Crippen molar-refractivity contribution in [3.8, 4) is 5.82 Å². The largest absolute Gasteiger partial charge is 0.292 e. The lowest BCUT2D eigenvalue weighted by Crippen LogP contribution is -2.13. The maximum Gasteiger partial charge on any atom is 0.239 e. The van der Waals surface area contributed by atoms with Crippen molar-refractivity contribution < 1.29 is 0 Å². The zero-order valence-corrected chi connectivity index (χ0v) is 12.6. The van der Waals surface area contributed by atoms with Gasteiger partial charge in [-0.05, 0) is 41.9 Å². The van der Waals surface area contributed by atoms with Crippen LogP contribution in [0.3, 0.4) is 0 Å². The molecule has 0 saturated heterocycles. The Morgan fingerprint density at radius 3 is 2.60 bits per heavy atom. The smallest absolute Gasteiger partial charge is 0.239 e. The summed E-state index contributed by atoms with van der Waals surface area (Å²) in [5.41, 5.74) is 5.20. The van der Waals surface area contributed by atoms with Crippen molar-refractivity contribution in [2.45, 2.75) is 13.8 Å². The highest BCUT2D eigenvalue weighted by molar-refractivity contribution is 9.10. The molecule has 7 heteroatoms. The fourth-order valence-corrected chi connectivity index (χ4v) is 2.36. The fraction of sp³-hybridized carbons (Fsp3) is 0.154. The summed E-state index contributed by atoms with van der Waals surface area (Å²) in [6.45, 7) is 3.93. The molecule has 3 aromatic rings. The predicted octanol–water partition coefficient (Wildman–Crippen LogP) is 2.48. The number of aromatic nitrogens is 4. The quantitative estimate of drug-likeness (QED) is 0.556. The van der Waals surface area contributed by atoms with Gasteiger partial charge < -0.3 is 0 Å². The second-order valence-corrected chi connectivity index (χ2v) is 5.22. The first-order valence-corrected chi connectivity index (χ1v) is 6.86. The van der Waals surface area contributed by atoms with Crippen LogP contribution >= 0.6 is 15.9 Å². The molecule has 0 fully saturated rings. The number of nitrogen functional groups attached to an aromatic ring is 1. The van der Waals surface area contributed by atoms with Crippen LogP contribution in [0.25, 0.3) is 16.7 Å². The molecule has 0 aliphatic rings. The molecule has 0 spiro atoms. The zero-order chi connectivity index (χ0) is 14.3. The van der Waals surface area contributed by atoms with Gasteiger partial charge in [-0.2, -0.15) is 10.1 Å². The van der Waals surface area contributed by atoms with Crippen LogP contribution in [0.5, 0.6) is 0 Å². The number of hydrogen-bond acceptors (Lipinski definition) is 5. The molecule has 0 atom stereocenters. The van der Waals surface area contributed by atoms with Crippen LogP contribution in [0.15, 0.2) is 28.7 Å². The van der Waals surface area contributed by atoms with E-state index in [0.29, 0.717) is 11.8 Å². The van der Waals surface area contributed by atoms with Crippen LogP contribution in [0.2, 0.25) is 0 Å². The summed E-state index contributed by atoms with van der Waals surface area (Å²) in [6, 6.07) is 7.76. The topological polar surface area (TPSA) is 81.7 Å². The van der Waals surface area contributed by atoms with Gasteiger partial charge in [-0.15, -0.1) is 0 Å². The van der Waals surface area contributed by atoms with Crippen molar-refractivity contribution in [3.05, 3.63) is 40.1 Å². The minimum Gasteiger partial charge on any atom is -0.292 e. The average Bonchev–Trinajstić information content (AvgIpc) is 2.73. The number of para-hydroxylation sites is 1. The van der Waals surface area contributed by atoms with Gasteiger partial charge in [0.05, 0.1) is 21.4 Å². The normalized spacial score (nSPS) is 11.0. The first kappa shape index (κ1) is 13.0. The van der Waals surface area contributed by atoms with Crippen molar-refractivity contribution in [1.82, 2.24) is 19.7 Å². The number of benzene rings is 1. The second-order valence-electron chi connectivity index (χ2n) is 4.43. The number of nitrogens with one attached hydrogen (secondary N) is 1. The van der Waals surface area contributed by atoms with E-state index >= 15 is 0 Å². The molecular weight excluding hydrogens is 320 g/mol. The van der Waals surface area contributed by atoms with E-state index in [0.717, 1.165) is 26.8 Å². The highest BCUT2D eigenvalue weighted by atomic mass is 79.9. The standard InChI is InChI=1S/C13H13BrN6/c1-7-11(14)8(2)20(19-7)12-9-5-3-4-6-10(9)16-13(17-12)18-15/h3-6H,15H2,1-2H3,(H,16,17,18). The number of nitrogens with two attached hydrogens (primary N) is 1. The lowest BCUT2D eigenvalue weighted by atomic mass is 10.2. The van der Waals surface area contributed by atoms with E-state index in [2.05, 4.69) is 36.4 Å². The number of aryl methyl sites for hydroxylation is 1. The van der Waals surface area contributed by atoms with Crippen LogP contribution < -0.4 is 11.3 Å². The summed E-state index contributed by atoms with van der Waals surface area (Å²) in [5.74, 6) is 6.51. The van der Waals surface area contributed by atoms with E-state index < -0.39 is 0 Å². The van der Waals surface area contributed by atoms with Crippen LogP contribution in [0.1, 0.15) is 11.4 Å². The third kappa shape index (κ3) is 1.95. The first-order chi connectivity index (χ1) is 9.61. The Balaban J connectivity index is 2.37. The molecule has 20 heavy (non-hydrogen) atoms. The number of nitrogens with zero attached hydrogens (tertiary/aromatic N) is 4. The monoisotopic (exact) mass is 332 g/mol. The van der Waals surface area contributed by atoms with Crippen molar-refractivity contribution in [2.24, 2.45) is 5.84 Å². The van der Waals surface area contributed by atoms with E-state index in [9.17, 15) is 0 Å². The molecule has 2 heterocycles. The summed E-state index contributed by atoms with van der Waals surface area (Å²) in [5, 5.41) is 5.44. The molecule has 102 valence electrons. The molecular formula is C13H13BrN6. The number of hydrogen-bond donors (Lipinski definition) is 2. The van der Waals surface area contributed by atoms with Gasteiger partial charge in [-0.1, -0.05) is 12.1 Å². The molecule has 0 aliphatic carbocycles. The summed E-state index contributed by atoms with van der Waals surface area (Å²) in [7, 11) is 0. The summed E-state index contributed by atoms with van der Waals surface area (Å²) in [4.78, 5) is 8.78. The maximum absolute atomic E-state index is 5.45. The van der Waals surface area contributed by atoms with Crippen molar-refractivity contribution in [2.75, 3.05) is 5.43 Å². The Morgan fingerprint density at radius 1 is 1.20 bits per heavy atom. The van der Waals surface area contributed by atoms with Gasteiger partial charge in [0.25, 0.3) is 0 Å². The number of anilines is 1. The number of halogens is 1. The highest BCUT2D eigenvalue weighted by Gasteiger charge is 2.15. The zero-order valence-electron chi connectivity index (χ0n) is 11.1. The summed E-state index contributed by atoms with van der Waals surface area (Å²) >= 11 is 3.53. The summed E-state index contributed by atoms with van der Waals surface area (Å²) in [6.07, 6.45) is 0. The van der Waals surface area contributed by atoms with E-state index in [4.69, 9.17) is 5.84 Å². The SMILES string of the molecule is Cc1nn(-c2nc(NN)nc3ccccc23)c(C)c1Br. The van der Waals surface area contributed by atoms with Gasteiger partial charge in [0.1, 0.15) is 0 Å². The molecule has 0 saturated carbocycles. The minimum atomic E-state index is 0.363. The molecule has 0 unspecified atom stereocenters. The van der Waals surface area contributed by atoms with Gasteiger partial charge in [-0.25, -0.2) is 15.5 Å². The van der Waals surface area contributed by atoms with Crippen molar-refractivity contribution >= 4 is 32.8 Å². The second kappa shape index (κ2) is 4.84. The Bertz CT molecular complexity index is 795. The average molecular weight is 333 g/mol. The van der Waals surface area contributed by atoms with Gasteiger partial charge in [0.15, 0.2) is 5.82 Å². The van der Waals surface area contributed by atoms with E-state index in [1.165, 1.54) is 0 Å². The molecule has 0 amide bonds. The number of rotatable bonds is 2. The van der Waals surface area contributed by atoms with E-state index in [1.54, 1.807) is 4.68 Å². The van der Waals surface area contributed by atoms with E-state index in [-0.39, 0.29) is 0 Å². The van der Waals surface area contributed by atoms with E-state index in [1.807, 2.05) is 38.1 Å². The third-order valence-corrected chi connectivity index (χ3v) is 4.26. The van der Waals surface area contributed by atoms with Crippen LogP contribution in [0.4, 0.5) is 5.95 Å². The predicted molar refractivity (Wildman–Crippen MR) is 81.6 cm³/mol. The lowest BCUT2D eigenvalue weighted by Gasteiger charge is -2.09. The molecule has 3 rings (SSSR count). The first-order valence-electron chi connectivity index (χ1n) is 6.07. The molecule has 1 aromatic carbocycles. The van der Waals surface area contributed by atoms with Crippen LogP contribution in [-0.2, 0) is 0 Å². The van der Waals surface area contributed by atoms with Crippen LogP contribution in [-0.4, -0.2) is 19.7 Å². The molecule has 0 aliphatic heterocycles. The molecule has 2 aromatic heterocycles. The minimum absolute atomic E-state index is 0.363. The summed E-state index contributed by atoms with van der Waals surface area (Å²) < 4.78 is 2.77. The van der Waals surface area contributed by atoms with Gasteiger partial charge in [-0.3, -0.25) is 5.43 Å². The van der Waals surface area contributed by atoms with Gasteiger partial charge in [0, 0.05) is 5.39 Å². The third-order valence-electron chi connectivity index (χ3n) is 3.12. The molecule has 6 nitrogen and oxygen atoms in total. The Morgan fingerprint density at radius 2 is 1.95 bits per heavy atom. The van der Waals surface area contributed by atoms with Gasteiger partial charge >= 0.3 is 0 Å². The van der Waals surface area contributed by atoms with Crippen molar-refractivity contribution in [1.29, 1.82) is 0 Å². The Labute approximate surface area is 124 Å². The molecule has 0 bridgehead atoms. The highest BCUT2D eigenvalue weighted by Crippen LogP contribution is 2.26. The Hall–Kier alpha value is -1.99. The van der Waals surface area contributed by atoms with Gasteiger partial charge in [0.2, 0.25) is 5.95 Å². The maximum atomic E-state index is 5.45. The van der Waals surface area contributed by atoms with Crippen LogP contribution in [0, 0.1) is 13.8 Å². The molecule has 0 radical (unpaired) electrons.